The molecular formula is C28H36F3NO3. The molecule has 1 heterocycles. The van der Waals surface area contributed by atoms with E-state index in [1.807, 2.05) is 19.1 Å². The van der Waals surface area contributed by atoms with Crippen LogP contribution in [-0.4, -0.2) is 39.6 Å². The smallest absolute Gasteiger partial charge is 0.396 e. The highest BCUT2D eigenvalue weighted by Gasteiger charge is 2.58. The van der Waals surface area contributed by atoms with Gasteiger partial charge in [0.25, 0.3) is 0 Å². The van der Waals surface area contributed by atoms with Crippen molar-refractivity contribution in [2.75, 3.05) is 13.2 Å². The lowest BCUT2D eigenvalue weighted by Gasteiger charge is -2.61. The van der Waals surface area contributed by atoms with Crippen LogP contribution in [0, 0.1) is 28.6 Å². The molecule has 192 valence electrons. The SMILES string of the molecule is C[C@]1(CO)[C@H]2CCC(CO)[C@@H](CCc3ccc(-c4cccc(C(F)(F)F)c4)cn3)[C@]2(C)CC[C@H]1O. The number of aliphatic hydroxyl groups is 3. The number of nitrogens with zero attached hydrogens (tertiary/aromatic N) is 1. The Bertz CT molecular complexity index is 1010. The van der Waals surface area contributed by atoms with Crippen LogP contribution in [-0.2, 0) is 12.6 Å². The van der Waals surface area contributed by atoms with Gasteiger partial charge < -0.3 is 15.3 Å². The number of benzene rings is 1. The number of aryl methyl sites for hydroxylation is 1. The summed E-state index contributed by atoms with van der Waals surface area (Å²) in [7, 11) is 0. The molecule has 0 saturated heterocycles. The van der Waals surface area contributed by atoms with Crippen LogP contribution in [0.5, 0.6) is 0 Å². The van der Waals surface area contributed by atoms with Crippen molar-refractivity contribution in [3.05, 3.63) is 53.9 Å². The summed E-state index contributed by atoms with van der Waals surface area (Å²) >= 11 is 0. The maximum atomic E-state index is 13.1. The zero-order valence-corrected chi connectivity index (χ0v) is 20.4. The highest BCUT2D eigenvalue weighted by Crippen LogP contribution is 2.62. The molecule has 1 aromatic carbocycles. The third-order valence-electron chi connectivity index (χ3n) is 9.19. The fourth-order valence-electron chi connectivity index (χ4n) is 7.08. The molecule has 35 heavy (non-hydrogen) atoms. The van der Waals surface area contributed by atoms with Crippen molar-refractivity contribution in [3.63, 3.8) is 0 Å². The number of aliphatic hydroxyl groups excluding tert-OH is 3. The summed E-state index contributed by atoms with van der Waals surface area (Å²) in [5.74, 6) is 0.571. The second-order valence-electron chi connectivity index (χ2n) is 11.1. The third kappa shape index (κ3) is 4.87. The molecule has 0 amide bonds. The topological polar surface area (TPSA) is 73.6 Å². The van der Waals surface area contributed by atoms with Crippen molar-refractivity contribution < 1.29 is 28.5 Å². The van der Waals surface area contributed by atoms with Gasteiger partial charge in [-0.2, -0.15) is 13.2 Å². The molecule has 4 rings (SSSR count). The van der Waals surface area contributed by atoms with Crippen molar-refractivity contribution in [1.29, 1.82) is 0 Å². The van der Waals surface area contributed by atoms with E-state index >= 15 is 0 Å². The van der Waals surface area contributed by atoms with Gasteiger partial charge in [0, 0.05) is 29.5 Å². The summed E-state index contributed by atoms with van der Waals surface area (Å²) in [6.45, 7) is 4.31. The zero-order valence-electron chi connectivity index (χ0n) is 20.4. The average molecular weight is 492 g/mol. The molecule has 4 nitrogen and oxygen atoms in total. The predicted octanol–water partition coefficient (Wildman–Crippen LogP) is 5.49. The Morgan fingerprint density at radius 2 is 1.80 bits per heavy atom. The Morgan fingerprint density at radius 3 is 2.43 bits per heavy atom. The second kappa shape index (κ2) is 9.83. The minimum atomic E-state index is -4.39. The Balaban J connectivity index is 1.51. The van der Waals surface area contributed by atoms with Crippen molar-refractivity contribution in [1.82, 2.24) is 4.98 Å². The summed E-state index contributed by atoms with van der Waals surface area (Å²) in [5.41, 5.74) is 0.658. The van der Waals surface area contributed by atoms with E-state index in [0.717, 1.165) is 43.5 Å². The number of fused-ring (bicyclic) bond motifs is 1. The first-order valence-corrected chi connectivity index (χ1v) is 12.6. The first-order valence-electron chi connectivity index (χ1n) is 12.6. The molecule has 1 unspecified atom stereocenters. The van der Waals surface area contributed by atoms with Crippen molar-refractivity contribution >= 4 is 0 Å². The van der Waals surface area contributed by atoms with E-state index in [1.54, 1.807) is 12.3 Å². The first kappa shape index (κ1) is 26.1. The lowest BCUT2D eigenvalue weighted by Crippen LogP contribution is -2.59. The van der Waals surface area contributed by atoms with Gasteiger partial charge in [-0.3, -0.25) is 4.98 Å². The Morgan fingerprint density at radius 1 is 1.03 bits per heavy atom. The number of rotatable bonds is 6. The number of hydrogen-bond donors (Lipinski definition) is 3. The number of alkyl halides is 3. The zero-order chi connectivity index (χ0) is 25.4. The van der Waals surface area contributed by atoms with Crippen LogP contribution >= 0.6 is 0 Å². The molecule has 2 fully saturated rings. The first-order chi connectivity index (χ1) is 16.5. The summed E-state index contributed by atoms with van der Waals surface area (Å²) in [5, 5.41) is 31.0. The molecule has 6 atom stereocenters. The number of halogens is 3. The molecule has 0 bridgehead atoms. The monoisotopic (exact) mass is 491 g/mol. The van der Waals surface area contributed by atoms with E-state index in [1.165, 1.54) is 6.07 Å². The number of hydrogen-bond acceptors (Lipinski definition) is 4. The van der Waals surface area contributed by atoms with E-state index < -0.39 is 23.3 Å². The lowest BCUT2D eigenvalue weighted by molar-refractivity contribution is -0.177. The Hall–Kier alpha value is -1.96. The summed E-state index contributed by atoms with van der Waals surface area (Å²) in [6.07, 6.45) is 1.49. The van der Waals surface area contributed by atoms with Gasteiger partial charge in [0.2, 0.25) is 0 Å². The molecule has 0 aliphatic heterocycles. The van der Waals surface area contributed by atoms with Crippen LogP contribution in [0.15, 0.2) is 42.6 Å². The molecule has 2 aromatic rings. The second-order valence-corrected chi connectivity index (χ2v) is 11.1. The summed E-state index contributed by atoms with van der Waals surface area (Å²) in [6, 6.07) is 8.94. The average Bonchev–Trinajstić information content (AvgIpc) is 2.85. The van der Waals surface area contributed by atoms with Gasteiger partial charge in [-0.25, -0.2) is 0 Å². The lowest BCUT2D eigenvalue weighted by atomic mass is 9.45. The standard InChI is InChI=1S/C28H36F3NO3/c1-26-13-12-25(35)27(2,17-34)24(26)11-7-20(16-33)23(26)10-9-22-8-6-19(15-32-22)18-4-3-5-21(14-18)28(29,30)31/h3-6,8,14-15,20,23-25,33-35H,7,9-13,16-17H2,1-2H3/t20?,23-,24+,25-,26+,27+/m1/s1. The van der Waals surface area contributed by atoms with Crippen LogP contribution in [0.2, 0.25) is 0 Å². The molecule has 0 spiro atoms. The van der Waals surface area contributed by atoms with E-state index in [-0.39, 0.29) is 36.4 Å². The van der Waals surface area contributed by atoms with Gasteiger partial charge >= 0.3 is 6.18 Å². The fraction of sp³-hybridized carbons (Fsp3) is 0.607. The van der Waals surface area contributed by atoms with Crippen LogP contribution < -0.4 is 0 Å². The van der Waals surface area contributed by atoms with Crippen LogP contribution in [0.3, 0.4) is 0 Å². The van der Waals surface area contributed by atoms with Crippen molar-refractivity contribution in [2.45, 2.75) is 64.7 Å². The van der Waals surface area contributed by atoms with Gasteiger partial charge in [0.05, 0.1) is 18.3 Å². The Labute approximate surface area is 205 Å². The number of pyridine rings is 1. The van der Waals surface area contributed by atoms with E-state index in [0.29, 0.717) is 24.0 Å². The van der Waals surface area contributed by atoms with Gasteiger partial charge in [0.15, 0.2) is 0 Å². The van der Waals surface area contributed by atoms with Crippen LogP contribution in [0.4, 0.5) is 13.2 Å². The fourth-order valence-corrected chi connectivity index (χ4v) is 7.08. The largest absolute Gasteiger partial charge is 0.416 e. The maximum Gasteiger partial charge on any atom is 0.416 e. The van der Waals surface area contributed by atoms with E-state index in [9.17, 15) is 28.5 Å². The maximum absolute atomic E-state index is 13.1. The molecule has 0 radical (unpaired) electrons. The van der Waals surface area contributed by atoms with Gasteiger partial charge in [0.1, 0.15) is 0 Å². The summed E-state index contributed by atoms with van der Waals surface area (Å²) in [4.78, 5) is 4.54. The molecule has 2 aliphatic rings. The quantitative estimate of drug-likeness (QED) is 0.499. The molecule has 2 aliphatic carbocycles. The van der Waals surface area contributed by atoms with Gasteiger partial charge in [-0.1, -0.05) is 32.0 Å². The highest BCUT2D eigenvalue weighted by molar-refractivity contribution is 5.63. The van der Waals surface area contributed by atoms with Crippen molar-refractivity contribution in [2.24, 2.45) is 28.6 Å². The highest BCUT2D eigenvalue weighted by atomic mass is 19.4. The van der Waals surface area contributed by atoms with Gasteiger partial charge in [-0.05, 0) is 85.5 Å². The van der Waals surface area contributed by atoms with Crippen LogP contribution in [0.1, 0.15) is 57.2 Å². The van der Waals surface area contributed by atoms with Gasteiger partial charge in [-0.15, -0.1) is 0 Å². The summed E-state index contributed by atoms with van der Waals surface area (Å²) < 4.78 is 39.2. The molecule has 7 heteroatoms. The minimum absolute atomic E-state index is 0.0521. The molecule has 1 aromatic heterocycles. The van der Waals surface area contributed by atoms with Crippen molar-refractivity contribution in [3.8, 4) is 11.1 Å². The minimum Gasteiger partial charge on any atom is -0.396 e. The normalized spacial score (nSPS) is 33.4. The van der Waals surface area contributed by atoms with E-state index in [4.69, 9.17) is 0 Å². The molecular weight excluding hydrogens is 455 g/mol. The third-order valence-corrected chi connectivity index (χ3v) is 9.19. The van der Waals surface area contributed by atoms with E-state index in [2.05, 4.69) is 11.9 Å². The molecule has 2 saturated carbocycles. The molecule has 3 N–H and O–H groups in total. The number of aromatic nitrogens is 1. The Kier molecular flexibility index (Phi) is 7.33. The predicted molar refractivity (Wildman–Crippen MR) is 128 cm³/mol. The van der Waals surface area contributed by atoms with Crippen LogP contribution in [0.25, 0.3) is 11.1 Å².